The fourth-order valence-electron chi connectivity index (χ4n) is 4.29. The maximum atomic E-state index is 11.4. The molecular weight excluding hydrogens is 442 g/mol. The van der Waals surface area contributed by atoms with Gasteiger partial charge in [0.05, 0.1) is 32.7 Å². The van der Waals surface area contributed by atoms with Gasteiger partial charge >= 0.3 is 29.8 Å². The minimum atomic E-state index is -1.23. The van der Waals surface area contributed by atoms with Crippen molar-refractivity contribution >= 4 is 29.8 Å². The Hall–Kier alpha value is -2.77. The summed E-state index contributed by atoms with van der Waals surface area (Å²) in [6.07, 6.45) is 4.33. The molecule has 33 heavy (non-hydrogen) atoms. The Morgan fingerprint density at radius 3 is 1.42 bits per heavy atom. The van der Waals surface area contributed by atoms with E-state index in [2.05, 4.69) is 0 Å². The zero-order valence-electron chi connectivity index (χ0n) is 18.5. The summed E-state index contributed by atoms with van der Waals surface area (Å²) in [7, 11) is 0. The number of aliphatic carboxylic acids is 5. The van der Waals surface area contributed by atoms with Gasteiger partial charge in [0.2, 0.25) is 0 Å². The minimum Gasteiger partial charge on any atom is -0.480 e. The van der Waals surface area contributed by atoms with Gasteiger partial charge in [-0.05, 0) is 18.8 Å². The molecule has 1 aliphatic carbocycles. The van der Waals surface area contributed by atoms with E-state index in [1.165, 1.54) is 9.80 Å². The Kier molecular flexibility index (Phi) is 12.3. The highest BCUT2D eigenvalue weighted by Gasteiger charge is 2.33. The Bertz CT molecular complexity index is 664. The minimum absolute atomic E-state index is 0.0179. The van der Waals surface area contributed by atoms with Crippen LogP contribution in [0.5, 0.6) is 0 Å². The predicted molar refractivity (Wildman–Crippen MR) is 113 cm³/mol. The molecule has 1 fully saturated rings. The third kappa shape index (κ3) is 12.2. The van der Waals surface area contributed by atoms with Gasteiger partial charge in [-0.2, -0.15) is 0 Å². The van der Waals surface area contributed by atoms with E-state index in [1.54, 1.807) is 0 Å². The summed E-state index contributed by atoms with van der Waals surface area (Å²) in [6, 6.07) is -0.538. The molecule has 1 unspecified atom stereocenters. The highest BCUT2D eigenvalue weighted by atomic mass is 16.4. The number of carboxylic acids is 5. The Balaban J connectivity index is 3.08. The molecule has 0 bridgehead atoms. The molecule has 0 amide bonds. The van der Waals surface area contributed by atoms with Gasteiger partial charge in [-0.15, -0.1) is 0 Å². The highest BCUT2D eigenvalue weighted by Crippen LogP contribution is 2.29. The molecule has 13 nitrogen and oxygen atoms in total. The van der Waals surface area contributed by atoms with Gasteiger partial charge in [-0.25, -0.2) is 0 Å². The zero-order chi connectivity index (χ0) is 25.0. The van der Waals surface area contributed by atoms with Crippen LogP contribution in [0.25, 0.3) is 0 Å². The molecule has 0 spiro atoms. The monoisotopic (exact) mass is 475 g/mol. The van der Waals surface area contributed by atoms with Crippen LogP contribution in [0.4, 0.5) is 0 Å². The predicted octanol–water partition coefficient (Wildman–Crippen LogP) is -0.736. The Labute approximate surface area is 191 Å². The van der Waals surface area contributed by atoms with Crippen LogP contribution in [0.1, 0.15) is 32.1 Å². The number of carboxylic acid groups (broad SMARTS) is 5. The molecule has 1 rings (SSSR count). The molecule has 0 aromatic rings. The lowest BCUT2D eigenvalue weighted by atomic mass is 9.82. The summed E-state index contributed by atoms with van der Waals surface area (Å²) in [5.74, 6) is -6.04. The van der Waals surface area contributed by atoms with Gasteiger partial charge in [0, 0.05) is 25.7 Å². The van der Waals surface area contributed by atoms with Crippen molar-refractivity contribution < 1.29 is 49.5 Å². The summed E-state index contributed by atoms with van der Waals surface area (Å²) in [4.78, 5) is 60.3. The van der Waals surface area contributed by atoms with Gasteiger partial charge in [-0.3, -0.25) is 38.7 Å². The average molecular weight is 475 g/mol. The quantitative estimate of drug-likeness (QED) is 0.177. The lowest BCUT2D eigenvalue weighted by molar-refractivity contribution is -0.145. The molecular formula is C20H33N3O10. The molecule has 1 aliphatic rings. The standard InChI is InChI=1S/C20H33N3O10/c24-16(25)9-21(6-7-22(10-17(26)27)11-18(28)29)8-15(14-4-2-1-3-5-14)23(12-19(30)31)13-20(32)33/h14-15H,1-13H2,(H,24,25)(H,26,27)(H,28,29)(H,30,31)(H,32,33). The zero-order valence-corrected chi connectivity index (χ0v) is 18.5. The molecule has 1 atom stereocenters. The van der Waals surface area contributed by atoms with Crippen molar-refractivity contribution in [1.82, 2.24) is 14.7 Å². The molecule has 0 saturated heterocycles. The van der Waals surface area contributed by atoms with Crippen molar-refractivity contribution in [3.63, 3.8) is 0 Å². The SMILES string of the molecule is O=C(O)CN(CCN(CC(=O)O)CC(C1CCCCC1)N(CC(=O)O)CC(=O)O)CC(=O)O. The Morgan fingerprint density at radius 1 is 0.606 bits per heavy atom. The number of rotatable bonds is 17. The fourth-order valence-corrected chi connectivity index (χ4v) is 4.29. The van der Waals surface area contributed by atoms with Crippen molar-refractivity contribution in [2.75, 3.05) is 52.4 Å². The van der Waals surface area contributed by atoms with Crippen molar-refractivity contribution in [2.45, 2.75) is 38.1 Å². The van der Waals surface area contributed by atoms with E-state index in [9.17, 15) is 39.3 Å². The molecule has 0 aliphatic heterocycles. The molecule has 0 aromatic heterocycles. The van der Waals surface area contributed by atoms with Gasteiger partial charge in [0.15, 0.2) is 0 Å². The summed E-state index contributed by atoms with van der Waals surface area (Å²) in [5, 5.41) is 46.0. The molecule has 1 saturated carbocycles. The van der Waals surface area contributed by atoms with E-state index >= 15 is 0 Å². The first-order valence-electron chi connectivity index (χ1n) is 10.8. The van der Waals surface area contributed by atoms with Crippen molar-refractivity contribution in [1.29, 1.82) is 0 Å². The van der Waals surface area contributed by atoms with Crippen LogP contribution in [-0.4, -0.2) is 128 Å². The largest absolute Gasteiger partial charge is 0.480 e. The molecule has 5 N–H and O–H groups in total. The van der Waals surface area contributed by atoms with Gasteiger partial charge in [0.25, 0.3) is 0 Å². The Morgan fingerprint density at radius 2 is 1.00 bits per heavy atom. The third-order valence-corrected chi connectivity index (χ3v) is 5.59. The normalized spacial score (nSPS) is 15.6. The van der Waals surface area contributed by atoms with E-state index in [-0.39, 0.29) is 25.6 Å². The van der Waals surface area contributed by atoms with Gasteiger partial charge in [-0.1, -0.05) is 19.3 Å². The van der Waals surface area contributed by atoms with Crippen LogP contribution in [0.2, 0.25) is 0 Å². The smallest absolute Gasteiger partial charge is 0.317 e. The fraction of sp³-hybridized carbons (Fsp3) is 0.750. The van der Waals surface area contributed by atoms with Crippen molar-refractivity contribution in [2.24, 2.45) is 5.92 Å². The summed E-state index contributed by atoms with van der Waals surface area (Å²) in [6.45, 7) is -2.51. The second-order valence-corrected chi connectivity index (χ2v) is 8.28. The number of hydrogen-bond donors (Lipinski definition) is 5. The first-order valence-corrected chi connectivity index (χ1v) is 10.8. The maximum absolute atomic E-state index is 11.4. The van der Waals surface area contributed by atoms with Gasteiger partial charge < -0.3 is 25.5 Å². The first kappa shape index (κ1) is 28.3. The summed E-state index contributed by atoms with van der Waals surface area (Å²) < 4.78 is 0. The van der Waals surface area contributed by atoms with Crippen LogP contribution in [-0.2, 0) is 24.0 Å². The van der Waals surface area contributed by atoms with E-state index < -0.39 is 68.6 Å². The third-order valence-electron chi connectivity index (χ3n) is 5.59. The van der Waals surface area contributed by atoms with Crippen LogP contribution < -0.4 is 0 Å². The number of nitrogens with zero attached hydrogens (tertiary/aromatic N) is 3. The highest BCUT2D eigenvalue weighted by molar-refractivity contribution is 5.73. The maximum Gasteiger partial charge on any atom is 0.317 e. The average Bonchev–Trinajstić information content (AvgIpc) is 2.68. The number of hydrogen-bond acceptors (Lipinski definition) is 8. The lowest BCUT2D eigenvalue weighted by Gasteiger charge is -2.40. The van der Waals surface area contributed by atoms with Crippen molar-refractivity contribution in [3.8, 4) is 0 Å². The first-order chi connectivity index (χ1) is 15.5. The van der Waals surface area contributed by atoms with E-state index in [4.69, 9.17) is 10.2 Å². The van der Waals surface area contributed by atoms with Crippen LogP contribution in [0.3, 0.4) is 0 Å². The topological polar surface area (TPSA) is 196 Å². The molecule has 13 heteroatoms. The molecule has 0 aromatic carbocycles. The van der Waals surface area contributed by atoms with E-state index in [0.717, 1.165) is 37.0 Å². The van der Waals surface area contributed by atoms with Crippen LogP contribution >= 0.6 is 0 Å². The van der Waals surface area contributed by atoms with Gasteiger partial charge in [0.1, 0.15) is 0 Å². The summed E-state index contributed by atoms with van der Waals surface area (Å²) in [5.41, 5.74) is 0. The van der Waals surface area contributed by atoms with E-state index in [0.29, 0.717) is 0 Å². The van der Waals surface area contributed by atoms with E-state index in [1.807, 2.05) is 0 Å². The molecule has 188 valence electrons. The second-order valence-electron chi connectivity index (χ2n) is 8.28. The molecule has 0 heterocycles. The second kappa shape index (κ2) is 14.4. The van der Waals surface area contributed by atoms with Crippen LogP contribution in [0.15, 0.2) is 0 Å². The van der Waals surface area contributed by atoms with Crippen LogP contribution in [0, 0.1) is 5.92 Å². The lowest BCUT2D eigenvalue weighted by Crippen LogP contribution is -2.53. The summed E-state index contributed by atoms with van der Waals surface area (Å²) >= 11 is 0. The van der Waals surface area contributed by atoms with Crippen molar-refractivity contribution in [3.05, 3.63) is 0 Å². The number of carbonyl (C=O) groups is 5. The molecule has 0 radical (unpaired) electrons.